The molecule has 0 atom stereocenters. The number of carbonyl (C=O) groups is 1. The van der Waals surface area contributed by atoms with Crippen molar-refractivity contribution in [3.05, 3.63) is 46.8 Å². The Hall–Kier alpha value is -1.90. The van der Waals surface area contributed by atoms with E-state index in [1.165, 1.54) is 18.2 Å². The molecular weight excluding hydrogens is 312 g/mol. The van der Waals surface area contributed by atoms with Gasteiger partial charge >= 0.3 is 0 Å². The van der Waals surface area contributed by atoms with Gasteiger partial charge in [-0.05, 0) is 29.8 Å². The number of sulfonamides is 1. The number of carbonyl (C=O) groups excluding carboxylic acids is 1. The van der Waals surface area contributed by atoms with Gasteiger partial charge in [-0.2, -0.15) is 0 Å². The summed E-state index contributed by atoms with van der Waals surface area (Å²) >= 11 is 1.03. The Morgan fingerprint density at radius 1 is 1.19 bits per heavy atom. The first-order chi connectivity index (χ1) is 9.84. The minimum atomic E-state index is -3.69. The fraction of sp³-hybridized carbons (Fsp3) is 0.154. The summed E-state index contributed by atoms with van der Waals surface area (Å²) in [7, 11) is -3.69. The molecule has 6 nitrogen and oxygen atoms in total. The van der Waals surface area contributed by atoms with E-state index >= 15 is 0 Å². The van der Waals surface area contributed by atoms with Gasteiger partial charge in [0.05, 0.1) is 13.0 Å². The minimum absolute atomic E-state index is 0.0743. The maximum absolute atomic E-state index is 11.8. The Morgan fingerprint density at radius 3 is 2.43 bits per heavy atom. The van der Waals surface area contributed by atoms with Gasteiger partial charge in [0.25, 0.3) is 0 Å². The number of rotatable bonds is 5. The number of benzene rings is 1. The molecule has 112 valence electrons. The van der Waals surface area contributed by atoms with Crippen molar-refractivity contribution in [2.75, 3.05) is 0 Å². The molecule has 0 spiro atoms. The van der Waals surface area contributed by atoms with Gasteiger partial charge in [-0.25, -0.2) is 13.6 Å². The average molecular weight is 326 g/mol. The Labute approximate surface area is 126 Å². The van der Waals surface area contributed by atoms with E-state index in [0.29, 0.717) is 4.88 Å². The fourth-order valence-electron chi connectivity index (χ4n) is 1.65. The van der Waals surface area contributed by atoms with Crippen LogP contribution in [-0.4, -0.2) is 19.4 Å². The molecule has 0 aliphatic rings. The number of hydrogen-bond donors (Lipinski definition) is 3. The summed E-state index contributed by atoms with van der Waals surface area (Å²) in [5.74, 6) is -0.0421. The summed E-state index contributed by atoms with van der Waals surface area (Å²) in [4.78, 5) is 12.5. The molecule has 2 rings (SSSR count). The van der Waals surface area contributed by atoms with Gasteiger partial charge in [-0.1, -0.05) is 12.1 Å². The van der Waals surface area contributed by atoms with Gasteiger partial charge in [-0.3, -0.25) is 4.79 Å². The average Bonchev–Trinajstić information content (AvgIpc) is 2.88. The van der Waals surface area contributed by atoms with Crippen LogP contribution in [0.1, 0.15) is 10.4 Å². The van der Waals surface area contributed by atoms with E-state index in [1.54, 1.807) is 18.2 Å². The summed E-state index contributed by atoms with van der Waals surface area (Å²) in [5, 5.41) is 16.9. The van der Waals surface area contributed by atoms with Gasteiger partial charge in [0, 0.05) is 4.88 Å². The molecule has 2 aromatic rings. The third-order valence-electron chi connectivity index (χ3n) is 2.68. The Balaban J connectivity index is 1.89. The first kappa shape index (κ1) is 15.5. The highest BCUT2D eigenvalue weighted by molar-refractivity contribution is 7.91. The van der Waals surface area contributed by atoms with Crippen molar-refractivity contribution >= 4 is 27.3 Å². The van der Waals surface area contributed by atoms with Crippen molar-refractivity contribution in [2.45, 2.75) is 17.2 Å². The predicted octanol–water partition coefficient (Wildman–Crippen LogP) is 0.960. The number of hydrogen-bond acceptors (Lipinski definition) is 5. The van der Waals surface area contributed by atoms with Crippen molar-refractivity contribution in [1.29, 1.82) is 0 Å². The molecule has 0 unspecified atom stereocenters. The highest BCUT2D eigenvalue weighted by Gasteiger charge is 2.11. The molecule has 0 radical (unpaired) electrons. The standard InChI is InChI=1S/C13H14N2O4S2/c14-21(18,19)13-6-5-11(20-13)8-15-12(17)7-9-1-3-10(16)4-2-9/h1-6,16H,7-8H2,(H,15,17)(H2,14,18,19). The van der Waals surface area contributed by atoms with Crippen LogP contribution in [0.2, 0.25) is 0 Å². The SMILES string of the molecule is NS(=O)(=O)c1ccc(CNC(=O)Cc2ccc(O)cc2)s1. The monoisotopic (exact) mass is 326 g/mol. The van der Waals surface area contributed by atoms with Crippen molar-refractivity contribution < 1.29 is 18.3 Å². The third-order valence-corrected chi connectivity index (χ3v) is 5.20. The van der Waals surface area contributed by atoms with Crippen LogP contribution in [0.25, 0.3) is 0 Å². The van der Waals surface area contributed by atoms with Crippen LogP contribution in [0.15, 0.2) is 40.6 Å². The molecular formula is C13H14N2O4S2. The van der Waals surface area contributed by atoms with Crippen molar-refractivity contribution in [2.24, 2.45) is 5.14 Å². The molecule has 0 bridgehead atoms. The van der Waals surface area contributed by atoms with E-state index in [4.69, 9.17) is 10.2 Å². The van der Waals surface area contributed by atoms with E-state index in [2.05, 4.69) is 5.32 Å². The number of phenols is 1. The number of amides is 1. The highest BCUT2D eigenvalue weighted by atomic mass is 32.2. The molecule has 0 aliphatic heterocycles. The van der Waals surface area contributed by atoms with Crippen molar-refractivity contribution in [3.63, 3.8) is 0 Å². The molecule has 1 aromatic carbocycles. The van der Waals surface area contributed by atoms with E-state index in [1.807, 2.05) is 0 Å². The summed E-state index contributed by atoms with van der Waals surface area (Å²) in [6, 6.07) is 9.39. The van der Waals surface area contributed by atoms with Crippen LogP contribution in [0.3, 0.4) is 0 Å². The zero-order chi connectivity index (χ0) is 15.5. The lowest BCUT2D eigenvalue weighted by molar-refractivity contribution is -0.120. The van der Waals surface area contributed by atoms with Crippen LogP contribution in [0.4, 0.5) is 0 Å². The van der Waals surface area contributed by atoms with Crippen LogP contribution in [0.5, 0.6) is 5.75 Å². The Bertz CT molecular complexity index is 736. The maximum Gasteiger partial charge on any atom is 0.247 e. The third kappa shape index (κ3) is 4.55. The molecule has 21 heavy (non-hydrogen) atoms. The topological polar surface area (TPSA) is 109 Å². The highest BCUT2D eigenvalue weighted by Crippen LogP contribution is 2.20. The maximum atomic E-state index is 11.8. The summed E-state index contributed by atoms with van der Waals surface area (Å²) in [6.07, 6.45) is 0.188. The van der Waals surface area contributed by atoms with E-state index < -0.39 is 10.0 Å². The number of aromatic hydroxyl groups is 1. The largest absolute Gasteiger partial charge is 0.508 e. The first-order valence-corrected chi connectivity index (χ1v) is 8.37. The quantitative estimate of drug-likeness (QED) is 0.760. The fourth-order valence-corrected chi connectivity index (χ4v) is 3.37. The zero-order valence-electron chi connectivity index (χ0n) is 10.9. The van der Waals surface area contributed by atoms with Crippen LogP contribution < -0.4 is 10.5 Å². The molecule has 0 fully saturated rings. The number of thiophene rings is 1. The Kier molecular flexibility index (Phi) is 4.61. The number of phenolic OH excluding ortho intramolecular Hbond substituents is 1. The van der Waals surface area contributed by atoms with Crippen LogP contribution >= 0.6 is 11.3 Å². The number of nitrogens with two attached hydrogens (primary N) is 1. The molecule has 1 heterocycles. The second kappa shape index (κ2) is 6.25. The molecule has 0 saturated carbocycles. The molecule has 0 saturated heterocycles. The van der Waals surface area contributed by atoms with Gasteiger partial charge in [-0.15, -0.1) is 11.3 Å². The lowest BCUT2D eigenvalue weighted by Crippen LogP contribution is -2.24. The van der Waals surface area contributed by atoms with Crippen LogP contribution in [-0.2, 0) is 27.8 Å². The molecule has 8 heteroatoms. The number of nitrogens with one attached hydrogen (secondary N) is 1. The van der Waals surface area contributed by atoms with Gasteiger partial charge in [0.15, 0.2) is 0 Å². The summed E-state index contributed by atoms with van der Waals surface area (Å²) < 4.78 is 22.3. The van der Waals surface area contributed by atoms with E-state index in [-0.39, 0.29) is 28.8 Å². The summed E-state index contributed by atoms with van der Waals surface area (Å²) in [5.41, 5.74) is 0.779. The second-order valence-electron chi connectivity index (χ2n) is 4.39. The lowest BCUT2D eigenvalue weighted by Gasteiger charge is -2.04. The zero-order valence-corrected chi connectivity index (χ0v) is 12.6. The normalized spacial score (nSPS) is 11.3. The van der Waals surface area contributed by atoms with E-state index in [0.717, 1.165) is 16.9 Å². The molecule has 1 amide bonds. The van der Waals surface area contributed by atoms with E-state index in [9.17, 15) is 13.2 Å². The predicted molar refractivity (Wildman–Crippen MR) is 79.3 cm³/mol. The number of primary sulfonamides is 1. The molecule has 4 N–H and O–H groups in total. The van der Waals surface area contributed by atoms with Gasteiger partial charge in [0.2, 0.25) is 15.9 Å². The molecule has 1 aromatic heterocycles. The van der Waals surface area contributed by atoms with Crippen molar-refractivity contribution in [1.82, 2.24) is 5.32 Å². The second-order valence-corrected chi connectivity index (χ2v) is 7.34. The van der Waals surface area contributed by atoms with Crippen LogP contribution in [0, 0.1) is 0 Å². The lowest BCUT2D eigenvalue weighted by atomic mass is 10.1. The molecule has 0 aliphatic carbocycles. The van der Waals surface area contributed by atoms with Gasteiger partial charge in [0.1, 0.15) is 9.96 Å². The first-order valence-electron chi connectivity index (χ1n) is 6.01. The van der Waals surface area contributed by atoms with Gasteiger partial charge < -0.3 is 10.4 Å². The Morgan fingerprint density at radius 2 is 1.86 bits per heavy atom. The van der Waals surface area contributed by atoms with Crippen molar-refractivity contribution in [3.8, 4) is 5.75 Å². The minimum Gasteiger partial charge on any atom is -0.508 e. The summed E-state index contributed by atoms with van der Waals surface area (Å²) in [6.45, 7) is 0.247. The smallest absolute Gasteiger partial charge is 0.247 e.